The van der Waals surface area contributed by atoms with Crippen molar-refractivity contribution in [2.75, 3.05) is 0 Å². The third kappa shape index (κ3) is 3.58. The molecule has 0 bridgehead atoms. The number of hydrogen-bond donors (Lipinski definition) is 2. The largest absolute Gasteiger partial charge is 0.485 e. The number of halogens is 1. The number of amides is 1. The Labute approximate surface area is 156 Å². The molecule has 4 nitrogen and oxygen atoms in total. The van der Waals surface area contributed by atoms with Crippen LogP contribution in [-0.4, -0.2) is 22.7 Å². The van der Waals surface area contributed by atoms with E-state index in [0.29, 0.717) is 11.3 Å². The van der Waals surface area contributed by atoms with Gasteiger partial charge < -0.3 is 15.2 Å². The van der Waals surface area contributed by atoms with Gasteiger partial charge in [0.25, 0.3) is 5.91 Å². The molecule has 1 aliphatic rings. The Hall–Kier alpha value is -1.85. The number of hydrogen-bond acceptors (Lipinski definition) is 3. The summed E-state index contributed by atoms with van der Waals surface area (Å²) in [5.74, 6) is 0.475. The van der Waals surface area contributed by atoms with Crippen LogP contribution in [0.15, 0.2) is 46.9 Å². The summed E-state index contributed by atoms with van der Waals surface area (Å²) < 4.78 is 6.79. The Kier molecular flexibility index (Phi) is 4.89. The summed E-state index contributed by atoms with van der Waals surface area (Å²) in [7, 11) is 0. The lowest BCUT2D eigenvalue weighted by atomic mass is 9.85. The fourth-order valence-corrected chi connectivity index (χ4v) is 3.48. The van der Waals surface area contributed by atoms with Crippen molar-refractivity contribution in [3.8, 4) is 5.75 Å². The molecule has 2 aromatic carbocycles. The molecule has 0 spiro atoms. The molecule has 2 atom stereocenters. The van der Waals surface area contributed by atoms with E-state index in [2.05, 4.69) is 28.2 Å². The normalized spacial score (nSPS) is 21.2. The topological polar surface area (TPSA) is 58.6 Å². The Balaban J connectivity index is 1.97. The number of carbonyl (C=O) groups is 1. The second-order valence-corrected chi connectivity index (χ2v) is 7.75. The minimum Gasteiger partial charge on any atom is -0.485 e. The van der Waals surface area contributed by atoms with Crippen molar-refractivity contribution in [3.63, 3.8) is 0 Å². The number of aryl methyl sites for hydroxylation is 1. The molecular formula is C20H22BrNO3. The van der Waals surface area contributed by atoms with Crippen LogP contribution in [0.3, 0.4) is 0 Å². The van der Waals surface area contributed by atoms with E-state index in [1.165, 1.54) is 0 Å². The second-order valence-electron chi connectivity index (χ2n) is 6.84. The first-order valence-corrected chi connectivity index (χ1v) is 9.17. The summed E-state index contributed by atoms with van der Waals surface area (Å²) in [4.78, 5) is 12.7. The van der Waals surface area contributed by atoms with Crippen LogP contribution in [0.2, 0.25) is 0 Å². The Morgan fingerprint density at radius 3 is 2.72 bits per heavy atom. The molecule has 2 N–H and O–H groups in total. The lowest BCUT2D eigenvalue weighted by molar-refractivity contribution is -0.0628. The molecule has 5 heteroatoms. The van der Waals surface area contributed by atoms with Crippen molar-refractivity contribution in [1.29, 1.82) is 0 Å². The van der Waals surface area contributed by atoms with E-state index < -0.39 is 17.7 Å². The van der Waals surface area contributed by atoms with Crippen molar-refractivity contribution in [1.82, 2.24) is 5.32 Å². The third-order valence-corrected chi connectivity index (χ3v) is 5.09. The maximum atomic E-state index is 12.7. The average Bonchev–Trinajstić information content (AvgIpc) is 2.58. The summed E-state index contributed by atoms with van der Waals surface area (Å²) in [6.07, 6.45) is 0.0159. The Morgan fingerprint density at radius 1 is 1.28 bits per heavy atom. The molecule has 0 radical (unpaired) electrons. The van der Waals surface area contributed by atoms with Gasteiger partial charge in [-0.15, -0.1) is 0 Å². The van der Waals surface area contributed by atoms with E-state index in [-0.39, 0.29) is 5.91 Å². The van der Waals surface area contributed by atoms with E-state index in [1.54, 1.807) is 12.1 Å². The van der Waals surface area contributed by atoms with Crippen LogP contribution in [0.4, 0.5) is 0 Å². The first-order chi connectivity index (χ1) is 11.8. The quantitative estimate of drug-likeness (QED) is 0.813. The zero-order valence-electron chi connectivity index (χ0n) is 14.5. The number of nitrogens with one attached hydrogen (secondary N) is 1. The van der Waals surface area contributed by atoms with E-state index in [1.807, 2.05) is 44.2 Å². The maximum Gasteiger partial charge on any atom is 0.251 e. The highest BCUT2D eigenvalue weighted by Crippen LogP contribution is 2.40. The van der Waals surface area contributed by atoms with Crippen molar-refractivity contribution < 1.29 is 14.6 Å². The van der Waals surface area contributed by atoms with Crippen molar-refractivity contribution >= 4 is 21.8 Å². The number of ether oxygens (including phenoxy) is 1. The van der Waals surface area contributed by atoms with Crippen LogP contribution in [0.5, 0.6) is 5.75 Å². The van der Waals surface area contributed by atoms with Crippen molar-refractivity contribution in [3.05, 3.63) is 63.6 Å². The molecule has 0 saturated carbocycles. The van der Waals surface area contributed by atoms with Gasteiger partial charge in [-0.2, -0.15) is 0 Å². The molecule has 132 valence electrons. The van der Waals surface area contributed by atoms with Gasteiger partial charge in [-0.3, -0.25) is 4.79 Å². The van der Waals surface area contributed by atoms with Gasteiger partial charge >= 0.3 is 0 Å². The molecule has 1 amide bonds. The summed E-state index contributed by atoms with van der Waals surface area (Å²) in [6, 6.07) is 12.6. The molecular weight excluding hydrogens is 382 g/mol. The first kappa shape index (κ1) is 18.0. The van der Waals surface area contributed by atoms with Gasteiger partial charge in [-0.05, 0) is 56.2 Å². The monoisotopic (exact) mass is 403 g/mol. The Morgan fingerprint density at radius 2 is 2.04 bits per heavy atom. The summed E-state index contributed by atoms with van der Waals surface area (Å²) >= 11 is 3.38. The van der Waals surface area contributed by atoms with E-state index in [9.17, 15) is 9.90 Å². The van der Waals surface area contributed by atoms with Crippen molar-refractivity contribution in [2.24, 2.45) is 0 Å². The minimum absolute atomic E-state index is 0.226. The lowest BCUT2D eigenvalue weighted by Gasteiger charge is -2.42. The second kappa shape index (κ2) is 6.81. The molecule has 0 aliphatic carbocycles. The smallest absolute Gasteiger partial charge is 0.251 e. The summed E-state index contributed by atoms with van der Waals surface area (Å²) in [5.41, 5.74) is 1.69. The Bertz CT molecular complexity index is 803. The van der Waals surface area contributed by atoms with Gasteiger partial charge in [0.2, 0.25) is 0 Å². The molecule has 0 aromatic heterocycles. The van der Waals surface area contributed by atoms with Crippen LogP contribution >= 0.6 is 15.9 Å². The first-order valence-electron chi connectivity index (χ1n) is 8.38. The van der Waals surface area contributed by atoms with Crippen LogP contribution < -0.4 is 10.1 Å². The fraction of sp³-hybridized carbons (Fsp3) is 0.350. The van der Waals surface area contributed by atoms with Crippen molar-refractivity contribution in [2.45, 2.75) is 44.9 Å². The summed E-state index contributed by atoms with van der Waals surface area (Å²) in [6.45, 7) is 5.72. The van der Waals surface area contributed by atoms with Crippen LogP contribution in [0.25, 0.3) is 0 Å². The average molecular weight is 404 g/mol. The zero-order chi connectivity index (χ0) is 18.2. The molecule has 25 heavy (non-hydrogen) atoms. The van der Waals surface area contributed by atoms with E-state index in [0.717, 1.165) is 22.0 Å². The molecule has 0 fully saturated rings. The predicted molar refractivity (Wildman–Crippen MR) is 101 cm³/mol. The lowest BCUT2D eigenvalue weighted by Crippen LogP contribution is -2.53. The summed E-state index contributed by atoms with van der Waals surface area (Å²) in [5, 5.41) is 13.8. The minimum atomic E-state index is -0.858. The van der Waals surface area contributed by atoms with Crippen LogP contribution in [0, 0.1) is 0 Å². The van der Waals surface area contributed by atoms with Gasteiger partial charge in [0.1, 0.15) is 17.5 Å². The highest BCUT2D eigenvalue weighted by atomic mass is 79.9. The fourth-order valence-electron chi connectivity index (χ4n) is 3.08. The number of benzene rings is 2. The van der Waals surface area contributed by atoms with Gasteiger partial charge in [-0.25, -0.2) is 0 Å². The standard InChI is InChI=1S/C20H22BrNO3/c1-4-12-8-9-16-15(10-12)17(18(23)20(2,3)25-16)22-19(24)13-6-5-7-14(21)11-13/h5-11,17-18,23H,4H2,1-3H3,(H,22,24)/t17-,18+/m0/s1. The van der Waals surface area contributed by atoms with Gasteiger partial charge in [0, 0.05) is 15.6 Å². The number of aliphatic hydroxyl groups excluding tert-OH is 1. The number of carbonyl (C=O) groups excluding carboxylic acids is 1. The molecule has 1 heterocycles. The third-order valence-electron chi connectivity index (χ3n) is 4.59. The van der Waals surface area contributed by atoms with E-state index in [4.69, 9.17) is 4.74 Å². The van der Waals surface area contributed by atoms with Gasteiger partial charge in [-0.1, -0.05) is 35.0 Å². The number of rotatable bonds is 3. The van der Waals surface area contributed by atoms with Crippen LogP contribution in [-0.2, 0) is 6.42 Å². The van der Waals surface area contributed by atoms with E-state index >= 15 is 0 Å². The SMILES string of the molecule is CCc1ccc2c(c1)[C@H](NC(=O)c1cccc(Br)c1)[C@@H](O)C(C)(C)O2. The molecule has 0 saturated heterocycles. The molecule has 0 unspecified atom stereocenters. The van der Waals surface area contributed by atoms with Gasteiger partial charge in [0.05, 0.1) is 6.04 Å². The molecule has 3 rings (SSSR count). The van der Waals surface area contributed by atoms with Gasteiger partial charge in [0.15, 0.2) is 0 Å². The molecule has 1 aliphatic heterocycles. The number of fused-ring (bicyclic) bond motifs is 1. The molecule has 2 aromatic rings. The zero-order valence-corrected chi connectivity index (χ0v) is 16.1. The number of aliphatic hydroxyl groups is 1. The van der Waals surface area contributed by atoms with Crippen LogP contribution in [0.1, 0.15) is 48.3 Å². The maximum absolute atomic E-state index is 12.7. The highest BCUT2D eigenvalue weighted by molar-refractivity contribution is 9.10. The highest BCUT2D eigenvalue weighted by Gasteiger charge is 2.43. The predicted octanol–water partition coefficient (Wildman–Crippen LogP) is 4.01.